The molecule has 0 spiro atoms. The SMILES string of the molecule is CCCCCC.O=C=NC(N=C=O)C1CCCCC1. The summed E-state index contributed by atoms with van der Waals surface area (Å²) >= 11 is 0. The van der Waals surface area contributed by atoms with Crippen LogP contribution in [0.4, 0.5) is 0 Å². The van der Waals surface area contributed by atoms with E-state index in [0.717, 1.165) is 25.7 Å². The van der Waals surface area contributed by atoms with Gasteiger partial charge in [-0.05, 0) is 12.8 Å². The number of nitrogens with zero attached hydrogens (tertiary/aromatic N) is 2. The zero-order chi connectivity index (χ0) is 14.3. The Kier molecular flexibility index (Phi) is 12.3. The Morgan fingerprint density at radius 3 is 1.79 bits per heavy atom. The summed E-state index contributed by atoms with van der Waals surface area (Å²) in [4.78, 5) is 27.1. The summed E-state index contributed by atoms with van der Waals surface area (Å²) in [5.41, 5.74) is 0. The molecule has 0 N–H and O–H groups in total. The van der Waals surface area contributed by atoms with Crippen LogP contribution in [0.2, 0.25) is 0 Å². The van der Waals surface area contributed by atoms with Crippen molar-refractivity contribution >= 4 is 12.2 Å². The molecule has 0 saturated heterocycles. The number of aliphatic imine (C=N–C) groups is 2. The van der Waals surface area contributed by atoms with Crippen molar-refractivity contribution in [3.63, 3.8) is 0 Å². The molecule has 0 aromatic carbocycles. The molecule has 4 nitrogen and oxygen atoms in total. The van der Waals surface area contributed by atoms with E-state index in [2.05, 4.69) is 23.8 Å². The van der Waals surface area contributed by atoms with Gasteiger partial charge in [-0.15, -0.1) is 0 Å². The van der Waals surface area contributed by atoms with Crippen LogP contribution in [0.25, 0.3) is 0 Å². The van der Waals surface area contributed by atoms with E-state index < -0.39 is 6.17 Å². The van der Waals surface area contributed by atoms with E-state index in [4.69, 9.17) is 0 Å². The van der Waals surface area contributed by atoms with Gasteiger partial charge in [0.25, 0.3) is 0 Å². The molecule has 1 saturated carbocycles. The number of isocyanates is 2. The van der Waals surface area contributed by atoms with Crippen LogP contribution in [0, 0.1) is 5.92 Å². The molecule has 0 aliphatic heterocycles. The first-order chi connectivity index (χ1) is 9.29. The van der Waals surface area contributed by atoms with Crippen LogP contribution in [-0.4, -0.2) is 18.3 Å². The number of rotatable bonds is 6. The second kappa shape index (κ2) is 13.2. The molecule has 0 amide bonds. The minimum absolute atomic E-state index is 0.233. The highest BCUT2D eigenvalue weighted by molar-refractivity contribution is 5.37. The highest BCUT2D eigenvalue weighted by atomic mass is 16.1. The zero-order valence-corrected chi connectivity index (χ0v) is 12.2. The first-order valence-corrected chi connectivity index (χ1v) is 7.44. The maximum Gasteiger partial charge on any atom is 0.237 e. The Balaban J connectivity index is 0.000000459. The van der Waals surface area contributed by atoms with Gasteiger partial charge in [0.2, 0.25) is 12.2 Å². The van der Waals surface area contributed by atoms with Crippen LogP contribution in [0.5, 0.6) is 0 Å². The predicted molar refractivity (Wildman–Crippen MR) is 76.4 cm³/mol. The quantitative estimate of drug-likeness (QED) is 0.412. The molecule has 1 aliphatic rings. The average Bonchev–Trinajstić information content (AvgIpc) is 2.46. The van der Waals surface area contributed by atoms with Crippen LogP contribution in [0.3, 0.4) is 0 Å². The molecule has 0 aromatic heterocycles. The second-order valence-corrected chi connectivity index (χ2v) is 4.96. The molecule has 0 heterocycles. The van der Waals surface area contributed by atoms with Crippen molar-refractivity contribution in [2.75, 3.05) is 0 Å². The van der Waals surface area contributed by atoms with Gasteiger partial charge in [-0.3, -0.25) is 0 Å². The molecular weight excluding hydrogens is 240 g/mol. The number of carbonyl (C=O) groups excluding carboxylic acids is 2. The Morgan fingerprint density at radius 2 is 1.42 bits per heavy atom. The third-order valence-electron chi connectivity index (χ3n) is 3.40. The van der Waals surface area contributed by atoms with Gasteiger partial charge in [-0.1, -0.05) is 58.8 Å². The van der Waals surface area contributed by atoms with Crippen LogP contribution >= 0.6 is 0 Å². The van der Waals surface area contributed by atoms with E-state index in [0.29, 0.717) is 0 Å². The Hall–Kier alpha value is -1.24. The predicted octanol–water partition coefficient (Wildman–Crippen LogP) is 4.15. The Bertz CT molecular complexity index is 277. The van der Waals surface area contributed by atoms with Gasteiger partial charge in [0.1, 0.15) is 0 Å². The van der Waals surface area contributed by atoms with Gasteiger partial charge >= 0.3 is 0 Å². The standard InChI is InChI=1S/C9H12N2O2.C6H14/c12-6-10-9(11-7-13)8-4-2-1-3-5-8;1-3-5-6-4-2/h8-9H,1-5H2;3-6H2,1-2H3. The number of unbranched alkanes of at least 4 members (excludes halogenated alkanes) is 3. The van der Waals surface area contributed by atoms with Gasteiger partial charge in [0.05, 0.1) is 0 Å². The Morgan fingerprint density at radius 1 is 0.947 bits per heavy atom. The largest absolute Gasteiger partial charge is 0.237 e. The van der Waals surface area contributed by atoms with Gasteiger partial charge in [-0.2, -0.15) is 9.98 Å². The van der Waals surface area contributed by atoms with Crippen molar-refractivity contribution in [3.05, 3.63) is 0 Å². The summed E-state index contributed by atoms with van der Waals surface area (Å²) in [6.07, 6.45) is 13.4. The number of hydrogen-bond donors (Lipinski definition) is 0. The fourth-order valence-corrected chi connectivity index (χ4v) is 2.28. The van der Waals surface area contributed by atoms with E-state index in [-0.39, 0.29) is 5.92 Å². The van der Waals surface area contributed by atoms with Crippen LogP contribution < -0.4 is 0 Å². The average molecular weight is 266 g/mol. The van der Waals surface area contributed by atoms with Gasteiger partial charge in [0.15, 0.2) is 6.17 Å². The molecule has 0 atom stereocenters. The fraction of sp³-hybridized carbons (Fsp3) is 0.867. The third kappa shape index (κ3) is 9.35. The monoisotopic (exact) mass is 266 g/mol. The molecule has 19 heavy (non-hydrogen) atoms. The highest BCUT2D eigenvalue weighted by Gasteiger charge is 2.22. The lowest BCUT2D eigenvalue weighted by Gasteiger charge is -2.22. The summed E-state index contributed by atoms with van der Waals surface area (Å²) in [5.74, 6) is 0.233. The summed E-state index contributed by atoms with van der Waals surface area (Å²) in [6.45, 7) is 4.46. The highest BCUT2D eigenvalue weighted by Crippen LogP contribution is 2.28. The van der Waals surface area contributed by atoms with Gasteiger partial charge in [0, 0.05) is 5.92 Å². The van der Waals surface area contributed by atoms with Crippen molar-refractivity contribution in [1.29, 1.82) is 0 Å². The van der Waals surface area contributed by atoms with Crippen molar-refractivity contribution < 1.29 is 9.59 Å². The minimum Gasteiger partial charge on any atom is -0.211 e. The van der Waals surface area contributed by atoms with E-state index in [1.807, 2.05) is 0 Å². The fourth-order valence-electron chi connectivity index (χ4n) is 2.28. The zero-order valence-electron chi connectivity index (χ0n) is 12.2. The molecule has 1 rings (SSSR count). The molecule has 0 unspecified atom stereocenters. The lowest BCUT2D eigenvalue weighted by atomic mass is 9.87. The first kappa shape index (κ1) is 17.8. The van der Waals surface area contributed by atoms with Crippen LogP contribution in [0.15, 0.2) is 9.98 Å². The molecular formula is C15H26N2O2. The summed E-state index contributed by atoms with van der Waals surface area (Å²) in [6, 6.07) is 0. The Labute approximate surface area is 116 Å². The lowest BCUT2D eigenvalue weighted by molar-refractivity contribution is 0.310. The molecule has 0 bridgehead atoms. The smallest absolute Gasteiger partial charge is 0.211 e. The lowest BCUT2D eigenvalue weighted by Crippen LogP contribution is -2.19. The third-order valence-corrected chi connectivity index (χ3v) is 3.40. The van der Waals surface area contributed by atoms with Crippen LogP contribution in [0.1, 0.15) is 71.6 Å². The molecule has 1 fully saturated rings. The first-order valence-electron chi connectivity index (χ1n) is 7.44. The van der Waals surface area contributed by atoms with E-state index in [1.54, 1.807) is 0 Å². The van der Waals surface area contributed by atoms with E-state index >= 15 is 0 Å². The summed E-state index contributed by atoms with van der Waals surface area (Å²) in [7, 11) is 0. The second-order valence-electron chi connectivity index (χ2n) is 4.96. The molecule has 1 aliphatic carbocycles. The van der Waals surface area contributed by atoms with Crippen molar-refractivity contribution in [3.8, 4) is 0 Å². The van der Waals surface area contributed by atoms with E-state index in [1.165, 1.54) is 44.3 Å². The maximum atomic E-state index is 10.1. The van der Waals surface area contributed by atoms with Crippen molar-refractivity contribution in [2.24, 2.45) is 15.9 Å². The summed E-state index contributed by atoms with van der Waals surface area (Å²) < 4.78 is 0. The molecule has 108 valence electrons. The topological polar surface area (TPSA) is 58.9 Å². The van der Waals surface area contributed by atoms with Gasteiger partial charge < -0.3 is 0 Å². The van der Waals surface area contributed by atoms with E-state index in [9.17, 15) is 9.59 Å². The maximum absolute atomic E-state index is 10.1. The minimum atomic E-state index is -0.532. The number of hydrogen-bond acceptors (Lipinski definition) is 4. The van der Waals surface area contributed by atoms with Gasteiger partial charge in [-0.25, -0.2) is 9.59 Å². The van der Waals surface area contributed by atoms with Crippen LogP contribution in [-0.2, 0) is 9.59 Å². The molecule has 0 aromatic rings. The normalized spacial score (nSPS) is 16.3. The molecule has 0 radical (unpaired) electrons. The van der Waals surface area contributed by atoms with Crippen molar-refractivity contribution in [2.45, 2.75) is 77.8 Å². The molecule has 4 heteroatoms. The summed E-state index contributed by atoms with van der Waals surface area (Å²) in [5, 5.41) is 0. The van der Waals surface area contributed by atoms with Crippen molar-refractivity contribution in [1.82, 2.24) is 0 Å².